The highest BCUT2D eigenvalue weighted by Crippen LogP contribution is 2.27. The number of para-hydroxylation sites is 2. The summed E-state index contributed by atoms with van der Waals surface area (Å²) in [5.41, 5.74) is 2.35. The van der Waals surface area contributed by atoms with Crippen LogP contribution < -0.4 is 5.69 Å². The minimum atomic E-state index is -0.0883. The summed E-state index contributed by atoms with van der Waals surface area (Å²) in [5, 5.41) is 9.46. The maximum atomic E-state index is 12.9. The molecule has 0 aliphatic heterocycles. The van der Waals surface area contributed by atoms with Crippen LogP contribution in [0.4, 0.5) is 0 Å². The van der Waals surface area contributed by atoms with Crippen molar-refractivity contribution in [3.8, 4) is 6.07 Å². The van der Waals surface area contributed by atoms with Gasteiger partial charge in [-0.1, -0.05) is 31.4 Å². The summed E-state index contributed by atoms with van der Waals surface area (Å²) >= 11 is 0. The van der Waals surface area contributed by atoms with Gasteiger partial charge in [-0.2, -0.15) is 5.26 Å². The van der Waals surface area contributed by atoms with Gasteiger partial charge in [0.1, 0.15) is 11.6 Å². The van der Waals surface area contributed by atoms with Crippen molar-refractivity contribution in [3.63, 3.8) is 0 Å². The molecule has 0 unspecified atom stereocenters. The summed E-state index contributed by atoms with van der Waals surface area (Å²) in [6.45, 7) is 0. The fraction of sp³-hybridized carbons (Fsp3) is 0.353. The molecular weight excluding hydrogens is 276 g/mol. The van der Waals surface area contributed by atoms with Crippen molar-refractivity contribution in [2.75, 3.05) is 0 Å². The predicted molar refractivity (Wildman–Crippen MR) is 83.8 cm³/mol. The molecule has 1 aliphatic carbocycles. The molecular formula is C17H16N4O. The van der Waals surface area contributed by atoms with Gasteiger partial charge < -0.3 is 0 Å². The third-order valence-electron chi connectivity index (χ3n) is 4.57. The van der Waals surface area contributed by atoms with E-state index in [4.69, 9.17) is 0 Å². The van der Waals surface area contributed by atoms with Gasteiger partial charge in [0.2, 0.25) is 0 Å². The van der Waals surface area contributed by atoms with Crippen LogP contribution in [0.3, 0.4) is 0 Å². The van der Waals surface area contributed by atoms with Gasteiger partial charge in [-0.3, -0.25) is 4.57 Å². The van der Waals surface area contributed by atoms with Crippen LogP contribution in [-0.2, 0) is 0 Å². The molecule has 0 amide bonds. The fourth-order valence-electron chi connectivity index (χ4n) is 3.47. The fourth-order valence-corrected chi connectivity index (χ4v) is 3.47. The Morgan fingerprint density at radius 2 is 1.95 bits per heavy atom. The smallest absolute Gasteiger partial charge is 0.296 e. The molecule has 1 fully saturated rings. The quantitative estimate of drug-likeness (QED) is 0.692. The first-order chi connectivity index (χ1) is 10.8. The highest BCUT2D eigenvalue weighted by molar-refractivity contribution is 5.81. The first-order valence-corrected chi connectivity index (χ1v) is 7.72. The van der Waals surface area contributed by atoms with Gasteiger partial charge in [-0.25, -0.2) is 14.2 Å². The zero-order chi connectivity index (χ0) is 15.1. The van der Waals surface area contributed by atoms with Crippen LogP contribution in [-0.4, -0.2) is 14.0 Å². The maximum Gasteiger partial charge on any atom is 0.334 e. The first-order valence-electron chi connectivity index (χ1n) is 7.72. The summed E-state index contributed by atoms with van der Waals surface area (Å²) in [6, 6.07) is 9.91. The van der Waals surface area contributed by atoms with E-state index in [1.807, 2.05) is 24.3 Å². The van der Waals surface area contributed by atoms with Crippen molar-refractivity contribution in [2.24, 2.45) is 0 Å². The van der Waals surface area contributed by atoms with Gasteiger partial charge in [-0.15, -0.1) is 0 Å². The normalized spacial score (nSPS) is 16.1. The number of fused-ring (bicyclic) bond motifs is 3. The molecule has 4 rings (SSSR count). The summed E-state index contributed by atoms with van der Waals surface area (Å²) in [5.74, 6) is 0. The Bertz CT molecular complexity index is 954. The molecule has 5 heteroatoms. The van der Waals surface area contributed by atoms with E-state index < -0.39 is 0 Å². The average Bonchev–Trinajstić information content (AvgIpc) is 2.96. The lowest BCUT2D eigenvalue weighted by atomic mass is 9.95. The second-order valence-electron chi connectivity index (χ2n) is 5.90. The van der Waals surface area contributed by atoms with E-state index in [2.05, 4.69) is 11.1 Å². The van der Waals surface area contributed by atoms with E-state index >= 15 is 0 Å². The number of hydrogen-bond acceptors (Lipinski definition) is 3. The van der Waals surface area contributed by atoms with Crippen molar-refractivity contribution in [3.05, 3.63) is 46.5 Å². The lowest BCUT2D eigenvalue weighted by Crippen LogP contribution is -2.31. The number of aromatic nitrogens is 3. The van der Waals surface area contributed by atoms with Crippen molar-refractivity contribution < 1.29 is 0 Å². The molecule has 3 aromatic rings. The average molecular weight is 292 g/mol. The van der Waals surface area contributed by atoms with E-state index in [1.165, 1.54) is 6.42 Å². The second kappa shape index (κ2) is 4.99. The van der Waals surface area contributed by atoms with Gasteiger partial charge in [0.15, 0.2) is 5.65 Å². The number of rotatable bonds is 1. The van der Waals surface area contributed by atoms with Crippen LogP contribution in [0.2, 0.25) is 0 Å². The molecule has 0 atom stereocenters. The van der Waals surface area contributed by atoms with Gasteiger partial charge in [0.25, 0.3) is 0 Å². The minimum absolute atomic E-state index is 0.0883. The number of nitriles is 1. The largest absolute Gasteiger partial charge is 0.334 e. The predicted octanol–water partition coefficient (Wildman–Crippen LogP) is 3.03. The van der Waals surface area contributed by atoms with Gasteiger partial charge in [0.05, 0.1) is 11.0 Å². The molecule has 2 heterocycles. The van der Waals surface area contributed by atoms with Crippen molar-refractivity contribution in [1.82, 2.24) is 14.0 Å². The Labute approximate surface area is 127 Å². The summed E-state index contributed by atoms with van der Waals surface area (Å²) in [7, 11) is 0. The third kappa shape index (κ3) is 1.84. The molecule has 1 saturated carbocycles. The lowest BCUT2D eigenvalue weighted by molar-refractivity contribution is 0.341. The molecule has 1 aliphatic rings. The van der Waals surface area contributed by atoms with Gasteiger partial charge in [-0.05, 0) is 25.0 Å². The van der Waals surface area contributed by atoms with Crippen LogP contribution in [0, 0.1) is 11.3 Å². The number of benzene rings is 1. The Morgan fingerprint density at radius 1 is 1.18 bits per heavy atom. The molecule has 22 heavy (non-hydrogen) atoms. The Hall–Kier alpha value is -2.61. The first kappa shape index (κ1) is 13.1. The van der Waals surface area contributed by atoms with Crippen molar-refractivity contribution in [2.45, 2.75) is 38.1 Å². The highest BCUT2D eigenvalue weighted by atomic mass is 16.1. The molecule has 0 N–H and O–H groups in total. The van der Waals surface area contributed by atoms with Crippen LogP contribution in [0.1, 0.15) is 43.7 Å². The van der Waals surface area contributed by atoms with Crippen LogP contribution in [0.5, 0.6) is 0 Å². The van der Waals surface area contributed by atoms with Crippen LogP contribution in [0.25, 0.3) is 16.7 Å². The zero-order valence-electron chi connectivity index (χ0n) is 12.2. The van der Waals surface area contributed by atoms with E-state index in [1.54, 1.807) is 15.2 Å². The van der Waals surface area contributed by atoms with Crippen molar-refractivity contribution >= 4 is 16.7 Å². The van der Waals surface area contributed by atoms with E-state index in [0.717, 1.165) is 36.7 Å². The minimum Gasteiger partial charge on any atom is -0.296 e. The highest BCUT2D eigenvalue weighted by Gasteiger charge is 2.20. The lowest BCUT2D eigenvalue weighted by Gasteiger charge is -2.24. The molecule has 0 radical (unpaired) electrons. The molecule has 0 spiro atoms. The number of imidazole rings is 1. The summed E-state index contributed by atoms with van der Waals surface area (Å²) in [6.07, 6.45) is 7.21. The Morgan fingerprint density at radius 3 is 2.73 bits per heavy atom. The zero-order valence-corrected chi connectivity index (χ0v) is 12.2. The van der Waals surface area contributed by atoms with E-state index in [-0.39, 0.29) is 11.7 Å². The molecule has 5 nitrogen and oxygen atoms in total. The Balaban J connectivity index is 2.07. The molecule has 0 bridgehead atoms. The summed E-state index contributed by atoms with van der Waals surface area (Å²) in [4.78, 5) is 17.4. The summed E-state index contributed by atoms with van der Waals surface area (Å²) < 4.78 is 3.33. The van der Waals surface area contributed by atoms with E-state index in [9.17, 15) is 10.1 Å². The second-order valence-corrected chi connectivity index (χ2v) is 5.90. The van der Waals surface area contributed by atoms with Crippen LogP contribution >= 0.6 is 0 Å². The number of nitrogens with zero attached hydrogens (tertiary/aromatic N) is 4. The molecule has 110 valence electrons. The maximum absolute atomic E-state index is 12.9. The monoisotopic (exact) mass is 292 g/mol. The van der Waals surface area contributed by atoms with Gasteiger partial charge >= 0.3 is 5.69 Å². The standard InChI is InChI=1S/C17H16N4O/c18-10-12-11-20(13-6-2-1-3-7-13)17(22)21-15-9-5-4-8-14(15)19-16(12)21/h4-5,8-9,11,13H,1-3,6-7H2. The molecule has 1 aromatic carbocycles. The number of hydrogen-bond donors (Lipinski definition) is 0. The topological polar surface area (TPSA) is 63.1 Å². The molecule has 0 saturated heterocycles. The van der Waals surface area contributed by atoms with Crippen LogP contribution in [0.15, 0.2) is 35.3 Å². The van der Waals surface area contributed by atoms with Gasteiger partial charge in [0, 0.05) is 12.2 Å². The third-order valence-corrected chi connectivity index (χ3v) is 4.57. The van der Waals surface area contributed by atoms with E-state index in [0.29, 0.717) is 11.2 Å². The van der Waals surface area contributed by atoms with Crippen molar-refractivity contribution in [1.29, 1.82) is 5.26 Å². The Kier molecular flexibility index (Phi) is 2.97. The SMILES string of the molecule is N#Cc1cn(C2CCCCC2)c(=O)n2c1nc1ccccc12. The molecule has 2 aromatic heterocycles.